The van der Waals surface area contributed by atoms with Crippen molar-refractivity contribution in [3.8, 4) is 5.75 Å². The summed E-state index contributed by atoms with van der Waals surface area (Å²) in [5, 5.41) is 6.00. The van der Waals surface area contributed by atoms with Crippen molar-refractivity contribution in [3.05, 3.63) is 76.0 Å². The molecule has 3 rings (SSSR count). The van der Waals surface area contributed by atoms with E-state index in [9.17, 15) is 4.79 Å². The van der Waals surface area contributed by atoms with E-state index in [1.165, 1.54) is 5.56 Å². The molecule has 0 saturated heterocycles. The van der Waals surface area contributed by atoms with Crippen molar-refractivity contribution in [1.29, 1.82) is 0 Å². The summed E-state index contributed by atoms with van der Waals surface area (Å²) in [6.45, 7) is 0.602. The van der Waals surface area contributed by atoms with Crippen LogP contribution >= 0.6 is 11.3 Å². The van der Waals surface area contributed by atoms with E-state index >= 15 is 0 Å². The van der Waals surface area contributed by atoms with Crippen molar-refractivity contribution in [2.75, 3.05) is 13.7 Å². The molecule has 0 bridgehead atoms. The zero-order valence-corrected chi connectivity index (χ0v) is 16.2. The topological polar surface area (TPSA) is 64.1 Å². The van der Waals surface area contributed by atoms with E-state index in [0.717, 1.165) is 41.3 Å². The van der Waals surface area contributed by atoms with Gasteiger partial charge in [-0.2, -0.15) is 0 Å². The Morgan fingerprint density at radius 2 is 1.96 bits per heavy atom. The lowest BCUT2D eigenvalue weighted by atomic mass is 10.1. The van der Waals surface area contributed by atoms with Gasteiger partial charge < -0.3 is 10.1 Å². The molecular formula is C21H23N3O2S. The highest BCUT2D eigenvalue weighted by Gasteiger charge is 2.08. The van der Waals surface area contributed by atoms with E-state index in [4.69, 9.17) is 4.74 Å². The number of nitrogens with one attached hydrogen (secondary N) is 1. The molecule has 0 spiro atoms. The molecule has 6 heteroatoms. The minimum absolute atomic E-state index is 0.00359. The van der Waals surface area contributed by atoms with Crippen molar-refractivity contribution in [2.24, 2.45) is 0 Å². The van der Waals surface area contributed by atoms with Crippen LogP contribution in [0.1, 0.15) is 21.8 Å². The fraction of sp³-hybridized carbons (Fsp3) is 0.286. The average molecular weight is 382 g/mol. The molecule has 0 atom stereocenters. The number of aromatic nitrogens is 2. The summed E-state index contributed by atoms with van der Waals surface area (Å²) < 4.78 is 5.21. The maximum atomic E-state index is 12.1. The normalized spacial score (nSPS) is 10.6. The summed E-state index contributed by atoms with van der Waals surface area (Å²) in [5.74, 6) is 0.837. The molecule has 1 aromatic carbocycles. The molecule has 2 heterocycles. The SMILES string of the molecule is COc1cccc(CCNC(=O)Cc2csc(CCc3ccncc3)n2)c1. The number of amides is 1. The van der Waals surface area contributed by atoms with Crippen LogP contribution in [-0.2, 0) is 30.5 Å². The number of pyridine rings is 1. The number of rotatable bonds is 9. The molecule has 0 unspecified atom stereocenters. The fourth-order valence-electron chi connectivity index (χ4n) is 2.75. The monoisotopic (exact) mass is 381 g/mol. The van der Waals surface area contributed by atoms with Crippen LogP contribution in [0.25, 0.3) is 0 Å². The summed E-state index contributed by atoms with van der Waals surface area (Å²) in [4.78, 5) is 20.7. The van der Waals surface area contributed by atoms with Gasteiger partial charge in [0, 0.05) is 30.7 Å². The Morgan fingerprint density at radius 3 is 2.78 bits per heavy atom. The number of hydrogen-bond acceptors (Lipinski definition) is 5. The molecule has 0 saturated carbocycles. The molecule has 0 aliphatic carbocycles. The number of ether oxygens (including phenoxy) is 1. The van der Waals surface area contributed by atoms with E-state index in [0.29, 0.717) is 13.0 Å². The summed E-state index contributed by atoms with van der Waals surface area (Å²) in [7, 11) is 1.65. The van der Waals surface area contributed by atoms with Gasteiger partial charge in [0.1, 0.15) is 5.75 Å². The minimum atomic E-state index is 0.00359. The molecule has 5 nitrogen and oxygen atoms in total. The van der Waals surface area contributed by atoms with Gasteiger partial charge in [-0.05, 0) is 48.2 Å². The van der Waals surface area contributed by atoms with E-state index in [2.05, 4.69) is 15.3 Å². The smallest absolute Gasteiger partial charge is 0.226 e. The summed E-state index contributed by atoms with van der Waals surface area (Å²) in [6, 6.07) is 11.9. The first-order valence-corrected chi connectivity index (χ1v) is 9.82. The molecule has 27 heavy (non-hydrogen) atoms. The summed E-state index contributed by atoms with van der Waals surface area (Å²) in [6.07, 6.45) is 6.52. The van der Waals surface area contributed by atoms with Crippen LogP contribution in [0.4, 0.5) is 0 Å². The van der Waals surface area contributed by atoms with Crippen molar-refractivity contribution in [3.63, 3.8) is 0 Å². The first-order valence-electron chi connectivity index (χ1n) is 8.95. The maximum absolute atomic E-state index is 12.1. The van der Waals surface area contributed by atoms with Crippen molar-refractivity contribution < 1.29 is 9.53 Å². The first kappa shape index (κ1) is 19.0. The second-order valence-electron chi connectivity index (χ2n) is 6.22. The van der Waals surface area contributed by atoms with E-state index in [1.54, 1.807) is 30.8 Å². The van der Waals surface area contributed by atoms with E-state index in [1.807, 2.05) is 41.8 Å². The molecule has 0 radical (unpaired) electrons. The van der Waals surface area contributed by atoms with Gasteiger partial charge in [0.15, 0.2) is 0 Å². The van der Waals surface area contributed by atoms with Crippen LogP contribution in [0.5, 0.6) is 5.75 Å². The van der Waals surface area contributed by atoms with Gasteiger partial charge in [0.05, 0.1) is 24.2 Å². The minimum Gasteiger partial charge on any atom is -0.497 e. The lowest BCUT2D eigenvalue weighted by Crippen LogP contribution is -2.27. The third-order valence-corrected chi connectivity index (χ3v) is 5.15. The molecule has 0 aliphatic heterocycles. The lowest BCUT2D eigenvalue weighted by molar-refractivity contribution is -0.120. The van der Waals surface area contributed by atoms with Gasteiger partial charge in [0.2, 0.25) is 5.91 Å². The number of methoxy groups -OCH3 is 1. The Bertz CT molecular complexity index is 865. The predicted octanol–water partition coefficient (Wildman–Crippen LogP) is 3.23. The molecule has 140 valence electrons. The molecule has 1 N–H and O–H groups in total. The van der Waals surface area contributed by atoms with Crippen molar-refractivity contribution in [2.45, 2.75) is 25.7 Å². The standard InChI is InChI=1S/C21H23N3O2S/c1-26-19-4-2-3-17(13-19)9-12-23-20(25)14-18-15-27-21(24-18)6-5-16-7-10-22-11-8-16/h2-4,7-8,10-11,13,15H,5-6,9,12,14H2,1H3,(H,23,25). The summed E-state index contributed by atoms with van der Waals surface area (Å²) >= 11 is 1.61. The molecule has 0 aliphatic rings. The quantitative estimate of drug-likeness (QED) is 0.618. The Labute approximate surface area is 163 Å². The number of aryl methyl sites for hydroxylation is 2. The first-order chi connectivity index (χ1) is 13.2. The number of thiazole rings is 1. The number of carbonyl (C=O) groups excluding carboxylic acids is 1. The van der Waals surface area contributed by atoms with Crippen LogP contribution in [-0.4, -0.2) is 29.5 Å². The van der Waals surface area contributed by atoms with Crippen LogP contribution < -0.4 is 10.1 Å². The van der Waals surface area contributed by atoms with Gasteiger partial charge in [-0.25, -0.2) is 4.98 Å². The molecule has 1 amide bonds. The van der Waals surface area contributed by atoms with Crippen LogP contribution in [0.3, 0.4) is 0 Å². The van der Waals surface area contributed by atoms with Gasteiger partial charge in [-0.15, -0.1) is 11.3 Å². The summed E-state index contributed by atoms with van der Waals surface area (Å²) in [5.41, 5.74) is 3.22. The largest absolute Gasteiger partial charge is 0.497 e. The third kappa shape index (κ3) is 6.18. The third-order valence-electron chi connectivity index (χ3n) is 4.19. The lowest BCUT2D eigenvalue weighted by Gasteiger charge is -2.06. The van der Waals surface area contributed by atoms with Gasteiger partial charge in [0.25, 0.3) is 0 Å². The predicted molar refractivity (Wildman–Crippen MR) is 107 cm³/mol. The second kappa shape index (κ2) is 9.83. The number of hydrogen-bond donors (Lipinski definition) is 1. The average Bonchev–Trinajstić information content (AvgIpc) is 3.14. The van der Waals surface area contributed by atoms with Gasteiger partial charge in [-0.1, -0.05) is 12.1 Å². The molecule has 0 fully saturated rings. The Kier molecular flexibility index (Phi) is 6.93. The molecular weight excluding hydrogens is 358 g/mol. The molecule has 3 aromatic rings. The van der Waals surface area contributed by atoms with Crippen LogP contribution in [0, 0.1) is 0 Å². The Morgan fingerprint density at radius 1 is 1.11 bits per heavy atom. The van der Waals surface area contributed by atoms with E-state index < -0.39 is 0 Å². The van der Waals surface area contributed by atoms with Gasteiger partial charge in [-0.3, -0.25) is 9.78 Å². The Balaban J connectivity index is 1.41. The number of benzene rings is 1. The van der Waals surface area contributed by atoms with Crippen molar-refractivity contribution in [1.82, 2.24) is 15.3 Å². The van der Waals surface area contributed by atoms with E-state index in [-0.39, 0.29) is 5.91 Å². The zero-order valence-electron chi connectivity index (χ0n) is 15.4. The fourth-order valence-corrected chi connectivity index (χ4v) is 3.54. The van der Waals surface area contributed by atoms with Crippen LogP contribution in [0.15, 0.2) is 54.2 Å². The maximum Gasteiger partial charge on any atom is 0.226 e. The number of nitrogens with zero attached hydrogens (tertiary/aromatic N) is 2. The highest BCUT2D eigenvalue weighted by atomic mass is 32.1. The zero-order chi connectivity index (χ0) is 18.9. The highest BCUT2D eigenvalue weighted by Crippen LogP contribution is 2.14. The highest BCUT2D eigenvalue weighted by molar-refractivity contribution is 7.09. The number of carbonyl (C=O) groups is 1. The Hall–Kier alpha value is -2.73. The molecule has 2 aromatic heterocycles. The van der Waals surface area contributed by atoms with Crippen molar-refractivity contribution >= 4 is 17.2 Å². The second-order valence-corrected chi connectivity index (χ2v) is 7.16. The van der Waals surface area contributed by atoms with Crippen LogP contribution in [0.2, 0.25) is 0 Å². The van der Waals surface area contributed by atoms with Gasteiger partial charge >= 0.3 is 0 Å².